The molecule has 0 aromatic heterocycles. The molecule has 3 nitrogen and oxygen atoms in total. The summed E-state index contributed by atoms with van der Waals surface area (Å²) < 4.78 is 1.99. The van der Waals surface area contributed by atoms with Crippen LogP contribution in [-0.4, -0.2) is 12.1 Å². The van der Waals surface area contributed by atoms with Gasteiger partial charge in [-0.15, -0.1) is 0 Å². The summed E-state index contributed by atoms with van der Waals surface area (Å²) in [5.74, 6) is -0.233. The molecule has 0 aliphatic rings. The predicted octanol–water partition coefficient (Wildman–Crippen LogP) is 3.82. The van der Waals surface area contributed by atoms with Crippen molar-refractivity contribution in [1.82, 2.24) is 5.43 Å². The Kier molecular flexibility index (Phi) is 5.09. The molecule has 0 unspecified atom stereocenters. The number of hydrazone groups is 1. The van der Waals surface area contributed by atoms with Gasteiger partial charge in [-0.2, -0.15) is 5.10 Å². The third kappa shape index (κ3) is 4.43. The van der Waals surface area contributed by atoms with E-state index >= 15 is 0 Å². The number of nitrogens with zero attached hydrogens (tertiary/aromatic N) is 1. The number of carbonyl (C=O) groups excluding carboxylic acids is 1. The van der Waals surface area contributed by atoms with Crippen LogP contribution in [0.4, 0.5) is 0 Å². The molecule has 2 rings (SSSR count). The van der Waals surface area contributed by atoms with E-state index < -0.39 is 0 Å². The summed E-state index contributed by atoms with van der Waals surface area (Å²) in [7, 11) is 0. The molecule has 19 heavy (non-hydrogen) atoms. The number of halogens is 2. The van der Waals surface area contributed by atoms with Crippen molar-refractivity contribution in [2.75, 3.05) is 0 Å². The highest BCUT2D eigenvalue weighted by molar-refractivity contribution is 14.1. The van der Waals surface area contributed by atoms with E-state index in [1.165, 1.54) is 0 Å². The van der Waals surface area contributed by atoms with Crippen LogP contribution in [-0.2, 0) is 0 Å². The topological polar surface area (TPSA) is 41.5 Å². The number of benzene rings is 2. The molecule has 0 fully saturated rings. The molecule has 0 atom stereocenters. The number of rotatable bonds is 3. The molecule has 5 heteroatoms. The second-order valence-corrected chi connectivity index (χ2v) is 5.93. The Labute approximate surface area is 133 Å². The number of amides is 1. The molecule has 0 heterocycles. The SMILES string of the molecule is O=C(N/N=C/c1cccc(I)c1)c1cccc(Br)c1. The van der Waals surface area contributed by atoms with Gasteiger partial charge in [0, 0.05) is 13.6 Å². The Balaban J connectivity index is 2.01. The lowest BCUT2D eigenvalue weighted by Crippen LogP contribution is -2.17. The molecule has 0 radical (unpaired) electrons. The number of carbonyl (C=O) groups is 1. The van der Waals surface area contributed by atoms with Crippen molar-refractivity contribution >= 4 is 50.6 Å². The summed E-state index contributed by atoms with van der Waals surface area (Å²) in [6.45, 7) is 0. The first-order valence-corrected chi connectivity index (χ1v) is 7.37. The molecule has 0 aliphatic carbocycles. The first-order valence-electron chi connectivity index (χ1n) is 5.50. The Morgan fingerprint density at radius 3 is 2.74 bits per heavy atom. The summed E-state index contributed by atoms with van der Waals surface area (Å²) in [5.41, 5.74) is 4.01. The monoisotopic (exact) mass is 428 g/mol. The van der Waals surface area contributed by atoms with E-state index in [0.29, 0.717) is 5.56 Å². The second-order valence-electron chi connectivity index (χ2n) is 3.76. The van der Waals surface area contributed by atoms with Crippen LogP contribution >= 0.6 is 38.5 Å². The maximum Gasteiger partial charge on any atom is 0.271 e. The van der Waals surface area contributed by atoms with Gasteiger partial charge >= 0.3 is 0 Å². The fourth-order valence-electron chi connectivity index (χ4n) is 1.45. The molecule has 1 amide bonds. The molecule has 0 saturated heterocycles. The van der Waals surface area contributed by atoms with Crippen molar-refractivity contribution in [3.8, 4) is 0 Å². The van der Waals surface area contributed by atoms with Crippen LogP contribution in [0.3, 0.4) is 0 Å². The van der Waals surface area contributed by atoms with Crippen LogP contribution in [0.1, 0.15) is 15.9 Å². The van der Waals surface area contributed by atoms with Crippen molar-refractivity contribution in [2.45, 2.75) is 0 Å². The maximum atomic E-state index is 11.8. The lowest BCUT2D eigenvalue weighted by Gasteiger charge is -2.00. The van der Waals surface area contributed by atoms with Gasteiger partial charge in [-0.1, -0.05) is 34.1 Å². The third-order valence-electron chi connectivity index (χ3n) is 2.32. The minimum atomic E-state index is -0.233. The number of hydrogen-bond acceptors (Lipinski definition) is 2. The van der Waals surface area contributed by atoms with Crippen molar-refractivity contribution in [3.63, 3.8) is 0 Å². The standard InChI is InChI=1S/C14H10BrIN2O/c15-12-5-2-4-11(8-12)14(19)18-17-9-10-3-1-6-13(16)7-10/h1-9H,(H,18,19)/b17-9+. The molecular formula is C14H10BrIN2O. The molecule has 0 saturated carbocycles. The zero-order valence-corrected chi connectivity index (χ0v) is 13.6. The fraction of sp³-hybridized carbons (Fsp3) is 0. The van der Waals surface area contributed by atoms with Crippen molar-refractivity contribution in [3.05, 3.63) is 67.7 Å². The quantitative estimate of drug-likeness (QED) is 0.450. The highest BCUT2D eigenvalue weighted by Gasteiger charge is 2.03. The van der Waals surface area contributed by atoms with Crippen molar-refractivity contribution in [1.29, 1.82) is 0 Å². The summed E-state index contributed by atoms with van der Waals surface area (Å²) in [4.78, 5) is 11.8. The zero-order chi connectivity index (χ0) is 13.7. The first-order chi connectivity index (χ1) is 9.15. The summed E-state index contributed by atoms with van der Waals surface area (Å²) in [6, 6.07) is 15.0. The minimum Gasteiger partial charge on any atom is -0.267 e. The zero-order valence-electron chi connectivity index (χ0n) is 9.81. The highest BCUT2D eigenvalue weighted by Crippen LogP contribution is 2.11. The lowest BCUT2D eigenvalue weighted by atomic mass is 10.2. The van der Waals surface area contributed by atoms with Gasteiger partial charge in [-0.05, 0) is 58.5 Å². The Morgan fingerprint density at radius 2 is 2.00 bits per heavy atom. The Bertz CT molecular complexity index is 628. The maximum absolute atomic E-state index is 11.8. The number of hydrogen-bond donors (Lipinski definition) is 1. The molecule has 96 valence electrons. The van der Waals surface area contributed by atoms with Gasteiger partial charge in [0.15, 0.2) is 0 Å². The highest BCUT2D eigenvalue weighted by atomic mass is 127. The van der Waals surface area contributed by atoms with Crippen LogP contribution in [0, 0.1) is 3.57 Å². The van der Waals surface area contributed by atoms with E-state index in [2.05, 4.69) is 49.0 Å². The molecule has 0 spiro atoms. The van der Waals surface area contributed by atoms with Gasteiger partial charge in [-0.3, -0.25) is 4.79 Å². The van der Waals surface area contributed by atoms with Crippen LogP contribution < -0.4 is 5.43 Å². The van der Waals surface area contributed by atoms with E-state index in [1.807, 2.05) is 36.4 Å². The largest absolute Gasteiger partial charge is 0.271 e. The molecule has 1 N–H and O–H groups in total. The summed E-state index contributed by atoms with van der Waals surface area (Å²) in [5, 5.41) is 3.95. The normalized spacial score (nSPS) is 10.6. The second kappa shape index (κ2) is 6.81. The van der Waals surface area contributed by atoms with Crippen LogP contribution in [0.2, 0.25) is 0 Å². The smallest absolute Gasteiger partial charge is 0.267 e. The van der Waals surface area contributed by atoms with Crippen LogP contribution in [0.25, 0.3) is 0 Å². The van der Waals surface area contributed by atoms with Crippen LogP contribution in [0.5, 0.6) is 0 Å². The van der Waals surface area contributed by atoms with Crippen molar-refractivity contribution in [2.24, 2.45) is 5.10 Å². The first kappa shape index (κ1) is 14.2. The van der Waals surface area contributed by atoms with E-state index in [1.54, 1.807) is 18.3 Å². The van der Waals surface area contributed by atoms with Gasteiger partial charge < -0.3 is 0 Å². The average molecular weight is 429 g/mol. The van der Waals surface area contributed by atoms with Crippen molar-refractivity contribution < 1.29 is 4.79 Å². The van der Waals surface area contributed by atoms with E-state index in [9.17, 15) is 4.79 Å². The van der Waals surface area contributed by atoms with Gasteiger partial charge in [0.05, 0.1) is 6.21 Å². The molecule has 2 aromatic carbocycles. The average Bonchev–Trinajstić information content (AvgIpc) is 2.38. The van der Waals surface area contributed by atoms with E-state index in [0.717, 1.165) is 13.6 Å². The lowest BCUT2D eigenvalue weighted by molar-refractivity contribution is 0.0955. The summed E-state index contributed by atoms with van der Waals surface area (Å²) >= 11 is 5.55. The minimum absolute atomic E-state index is 0.233. The fourth-order valence-corrected chi connectivity index (χ4v) is 2.41. The molecule has 0 aliphatic heterocycles. The molecular weight excluding hydrogens is 419 g/mol. The summed E-state index contributed by atoms with van der Waals surface area (Å²) in [6.07, 6.45) is 1.62. The predicted molar refractivity (Wildman–Crippen MR) is 88.4 cm³/mol. The Morgan fingerprint density at radius 1 is 1.21 bits per heavy atom. The molecule has 2 aromatic rings. The van der Waals surface area contributed by atoms with Crippen LogP contribution in [0.15, 0.2) is 58.1 Å². The molecule has 0 bridgehead atoms. The third-order valence-corrected chi connectivity index (χ3v) is 3.48. The Hall–Kier alpha value is -1.21. The van der Waals surface area contributed by atoms with E-state index in [4.69, 9.17) is 0 Å². The number of nitrogens with one attached hydrogen (secondary N) is 1. The van der Waals surface area contributed by atoms with Gasteiger partial charge in [-0.25, -0.2) is 5.43 Å². The van der Waals surface area contributed by atoms with E-state index in [-0.39, 0.29) is 5.91 Å². The van der Waals surface area contributed by atoms with Gasteiger partial charge in [0.2, 0.25) is 0 Å². The van der Waals surface area contributed by atoms with Gasteiger partial charge in [0.25, 0.3) is 5.91 Å². The van der Waals surface area contributed by atoms with Gasteiger partial charge in [0.1, 0.15) is 0 Å².